The van der Waals surface area contributed by atoms with E-state index in [1.165, 1.54) is 38.0 Å². The molecule has 0 aliphatic carbocycles. The lowest BCUT2D eigenvalue weighted by Gasteiger charge is -2.10. The van der Waals surface area contributed by atoms with Gasteiger partial charge in [-0.05, 0) is 54.3 Å². The minimum absolute atomic E-state index is 0.0788. The number of carbonyl (C=O) groups excluding carboxylic acids is 1. The van der Waals surface area contributed by atoms with Crippen LogP contribution in [0.4, 0.5) is 5.69 Å². The highest BCUT2D eigenvalue weighted by Gasteiger charge is 2.14. The monoisotopic (exact) mass is 380 g/mol. The molecule has 0 saturated carbocycles. The number of unbranched alkanes of at least 4 members (excludes halogenated alkanes) is 1. The Morgan fingerprint density at radius 3 is 2.29 bits per heavy atom. The number of carbonyl (C=O) groups is 1. The summed E-state index contributed by atoms with van der Waals surface area (Å²) in [6.45, 7) is 2.14. The van der Waals surface area contributed by atoms with Crippen molar-refractivity contribution in [2.75, 3.05) is 19.5 Å². The number of amides is 1. The number of anilines is 1. The molecule has 6 nitrogen and oxygen atoms in total. The average Bonchev–Trinajstić information content (AvgIpc) is 2.72. The highest BCUT2D eigenvalue weighted by atomic mass is 16.5. The van der Waals surface area contributed by atoms with Crippen LogP contribution in [0.15, 0.2) is 42.0 Å². The highest BCUT2D eigenvalue weighted by molar-refractivity contribution is 6.09. The van der Waals surface area contributed by atoms with Crippen molar-refractivity contribution in [1.82, 2.24) is 0 Å². The quantitative estimate of drug-likeness (QED) is 0.526. The van der Waals surface area contributed by atoms with Crippen LogP contribution in [0.25, 0.3) is 6.08 Å². The van der Waals surface area contributed by atoms with Crippen molar-refractivity contribution >= 4 is 17.7 Å². The number of phenols is 1. The first-order valence-corrected chi connectivity index (χ1v) is 8.99. The van der Waals surface area contributed by atoms with Crippen LogP contribution in [0.2, 0.25) is 0 Å². The van der Waals surface area contributed by atoms with Gasteiger partial charge in [-0.25, -0.2) is 0 Å². The average molecular weight is 380 g/mol. The maximum absolute atomic E-state index is 12.5. The maximum atomic E-state index is 12.5. The Bertz CT molecular complexity index is 871. The molecule has 0 unspecified atom stereocenters. The van der Waals surface area contributed by atoms with Crippen molar-refractivity contribution in [2.24, 2.45) is 0 Å². The molecule has 0 aromatic heterocycles. The van der Waals surface area contributed by atoms with Gasteiger partial charge in [-0.2, -0.15) is 5.26 Å². The molecule has 0 bridgehead atoms. The predicted octanol–water partition coefficient (Wildman–Crippen LogP) is 4.30. The molecule has 2 rings (SSSR count). The number of methoxy groups -OCH3 is 2. The van der Waals surface area contributed by atoms with Crippen molar-refractivity contribution in [2.45, 2.75) is 26.2 Å². The minimum Gasteiger partial charge on any atom is -0.502 e. The molecule has 0 aliphatic heterocycles. The van der Waals surface area contributed by atoms with E-state index in [2.05, 4.69) is 12.2 Å². The van der Waals surface area contributed by atoms with E-state index in [1.807, 2.05) is 30.3 Å². The standard InChI is InChI=1S/C22H24N2O4/c1-4-5-6-15-7-9-18(10-8-15)24-22(26)17(14-23)11-16-12-19(27-2)21(25)20(13-16)28-3/h7-13,25H,4-6H2,1-3H3,(H,24,26)/b17-11-. The molecule has 0 aliphatic rings. The zero-order chi connectivity index (χ0) is 20.5. The number of phenolic OH excluding ortho intramolecular Hbond substituents is 1. The zero-order valence-electron chi connectivity index (χ0n) is 16.3. The molecule has 6 heteroatoms. The SMILES string of the molecule is CCCCc1ccc(NC(=O)/C(C#N)=C\c2cc(OC)c(O)c(OC)c2)cc1. The molecule has 146 valence electrons. The van der Waals surface area contributed by atoms with Crippen molar-refractivity contribution in [3.05, 3.63) is 53.1 Å². The molecular formula is C22H24N2O4. The molecule has 0 saturated heterocycles. The van der Waals surface area contributed by atoms with Gasteiger partial charge in [0.15, 0.2) is 11.5 Å². The van der Waals surface area contributed by atoms with Crippen LogP contribution in [0.1, 0.15) is 30.9 Å². The Morgan fingerprint density at radius 1 is 1.18 bits per heavy atom. The summed E-state index contributed by atoms with van der Waals surface area (Å²) in [5.74, 6) is -0.292. The largest absolute Gasteiger partial charge is 0.502 e. The highest BCUT2D eigenvalue weighted by Crippen LogP contribution is 2.37. The number of hydrogen-bond acceptors (Lipinski definition) is 5. The molecule has 2 aromatic rings. The summed E-state index contributed by atoms with van der Waals surface area (Å²) in [4.78, 5) is 12.5. The van der Waals surface area contributed by atoms with Crippen LogP contribution < -0.4 is 14.8 Å². The molecule has 0 spiro atoms. The second-order valence-electron chi connectivity index (χ2n) is 6.20. The van der Waals surface area contributed by atoms with Crippen molar-refractivity contribution in [1.29, 1.82) is 5.26 Å². The smallest absolute Gasteiger partial charge is 0.266 e. The van der Waals surface area contributed by atoms with Crippen LogP contribution in [-0.2, 0) is 11.2 Å². The fourth-order valence-electron chi connectivity index (χ4n) is 2.65. The van der Waals surface area contributed by atoms with Gasteiger partial charge in [-0.1, -0.05) is 25.5 Å². The van der Waals surface area contributed by atoms with Gasteiger partial charge in [-0.15, -0.1) is 0 Å². The van der Waals surface area contributed by atoms with E-state index in [-0.39, 0.29) is 22.8 Å². The van der Waals surface area contributed by atoms with Gasteiger partial charge in [0.2, 0.25) is 5.75 Å². The third-order valence-corrected chi connectivity index (χ3v) is 4.21. The summed E-state index contributed by atoms with van der Waals surface area (Å²) in [7, 11) is 2.81. The molecule has 28 heavy (non-hydrogen) atoms. The Labute approximate surface area is 165 Å². The van der Waals surface area contributed by atoms with E-state index < -0.39 is 5.91 Å². The van der Waals surface area contributed by atoms with Gasteiger partial charge < -0.3 is 19.9 Å². The van der Waals surface area contributed by atoms with E-state index >= 15 is 0 Å². The summed E-state index contributed by atoms with van der Waals surface area (Å²) >= 11 is 0. The summed E-state index contributed by atoms with van der Waals surface area (Å²) in [5, 5.41) is 22.1. The van der Waals surface area contributed by atoms with Gasteiger partial charge in [0.05, 0.1) is 14.2 Å². The van der Waals surface area contributed by atoms with Crippen molar-refractivity contribution in [3.8, 4) is 23.3 Å². The number of aryl methyl sites for hydroxylation is 1. The van der Waals surface area contributed by atoms with Gasteiger partial charge in [0, 0.05) is 5.69 Å². The lowest BCUT2D eigenvalue weighted by Crippen LogP contribution is -2.13. The van der Waals surface area contributed by atoms with Crippen LogP contribution in [0.5, 0.6) is 17.2 Å². The third kappa shape index (κ3) is 5.27. The number of rotatable bonds is 8. The van der Waals surface area contributed by atoms with Crippen LogP contribution in [0.3, 0.4) is 0 Å². The van der Waals surface area contributed by atoms with Crippen LogP contribution >= 0.6 is 0 Å². The predicted molar refractivity (Wildman–Crippen MR) is 108 cm³/mol. The fourth-order valence-corrected chi connectivity index (χ4v) is 2.65. The third-order valence-electron chi connectivity index (χ3n) is 4.21. The lowest BCUT2D eigenvalue weighted by molar-refractivity contribution is -0.112. The summed E-state index contributed by atoms with van der Waals surface area (Å²) in [6.07, 6.45) is 4.66. The number of ether oxygens (including phenoxy) is 2. The van der Waals surface area contributed by atoms with Gasteiger partial charge in [0.25, 0.3) is 5.91 Å². The van der Waals surface area contributed by atoms with E-state index in [0.29, 0.717) is 11.3 Å². The first-order chi connectivity index (χ1) is 13.5. The maximum Gasteiger partial charge on any atom is 0.266 e. The number of nitrogens with zero attached hydrogens (tertiary/aromatic N) is 1. The fraction of sp³-hybridized carbons (Fsp3) is 0.273. The number of benzene rings is 2. The molecule has 0 atom stereocenters. The number of hydrogen-bond donors (Lipinski definition) is 2. The van der Waals surface area contributed by atoms with E-state index in [4.69, 9.17) is 9.47 Å². The van der Waals surface area contributed by atoms with Crippen LogP contribution in [-0.4, -0.2) is 25.2 Å². The van der Waals surface area contributed by atoms with Gasteiger partial charge >= 0.3 is 0 Å². The molecule has 0 fully saturated rings. The van der Waals surface area contributed by atoms with E-state index in [9.17, 15) is 15.2 Å². The van der Waals surface area contributed by atoms with E-state index in [1.54, 1.807) is 0 Å². The summed E-state index contributed by atoms with van der Waals surface area (Å²) < 4.78 is 10.2. The number of nitriles is 1. The molecular weight excluding hydrogens is 356 g/mol. The Balaban J connectivity index is 2.20. The second-order valence-corrected chi connectivity index (χ2v) is 6.20. The van der Waals surface area contributed by atoms with Crippen LogP contribution in [0, 0.1) is 11.3 Å². The Kier molecular flexibility index (Phi) is 7.46. The normalized spacial score (nSPS) is 10.9. The number of nitrogens with one attached hydrogen (secondary N) is 1. The molecule has 0 radical (unpaired) electrons. The second kappa shape index (κ2) is 10.0. The minimum atomic E-state index is -0.519. The summed E-state index contributed by atoms with van der Waals surface area (Å²) in [6, 6.07) is 12.5. The summed E-state index contributed by atoms with van der Waals surface area (Å²) in [5.41, 5.74) is 2.24. The lowest BCUT2D eigenvalue weighted by atomic mass is 10.1. The van der Waals surface area contributed by atoms with Crippen molar-refractivity contribution in [3.63, 3.8) is 0 Å². The Morgan fingerprint density at radius 2 is 1.79 bits per heavy atom. The number of aromatic hydroxyl groups is 1. The van der Waals surface area contributed by atoms with E-state index in [0.717, 1.165) is 19.3 Å². The molecule has 1 amide bonds. The van der Waals surface area contributed by atoms with Crippen molar-refractivity contribution < 1.29 is 19.4 Å². The van der Waals surface area contributed by atoms with Gasteiger partial charge in [-0.3, -0.25) is 4.79 Å². The van der Waals surface area contributed by atoms with Gasteiger partial charge in [0.1, 0.15) is 11.6 Å². The molecule has 2 aromatic carbocycles. The zero-order valence-corrected chi connectivity index (χ0v) is 16.3. The molecule has 2 N–H and O–H groups in total. The topological polar surface area (TPSA) is 91.6 Å². The first-order valence-electron chi connectivity index (χ1n) is 8.99. The first kappa shape index (κ1) is 20.8. The molecule has 0 heterocycles. The Hall–Kier alpha value is -3.46.